The number of hydrogen-bond donors (Lipinski definition) is 2. The Morgan fingerprint density at radius 2 is 2.17 bits per heavy atom. The zero-order chi connectivity index (χ0) is 16.2. The number of amides is 1. The van der Waals surface area contributed by atoms with Crippen LogP contribution in [0.4, 0.5) is 5.69 Å². The van der Waals surface area contributed by atoms with E-state index in [0.717, 1.165) is 0 Å². The third kappa shape index (κ3) is 3.12. The predicted octanol–water partition coefficient (Wildman–Crippen LogP) is 2.79. The van der Waals surface area contributed by atoms with E-state index in [0.29, 0.717) is 34.0 Å². The molecule has 0 spiro atoms. The molecule has 0 saturated heterocycles. The monoisotopic (exact) mass is 309 g/mol. The summed E-state index contributed by atoms with van der Waals surface area (Å²) in [6.07, 6.45) is 4.64. The normalized spacial score (nSPS) is 10.5. The summed E-state index contributed by atoms with van der Waals surface area (Å²) in [7, 11) is 0. The first kappa shape index (κ1) is 14.9. The third-order valence-electron chi connectivity index (χ3n) is 3.43. The Balaban J connectivity index is 1.85. The van der Waals surface area contributed by atoms with Gasteiger partial charge in [0.1, 0.15) is 5.69 Å². The van der Waals surface area contributed by atoms with Crippen LogP contribution in [-0.2, 0) is 6.61 Å². The lowest BCUT2D eigenvalue weighted by Gasteiger charge is -2.10. The highest BCUT2D eigenvalue weighted by Crippen LogP contribution is 2.20. The van der Waals surface area contributed by atoms with Crippen LogP contribution in [0.15, 0.2) is 53.4 Å². The molecule has 3 heterocycles. The van der Waals surface area contributed by atoms with Crippen LogP contribution < -0.4 is 5.32 Å². The summed E-state index contributed by atoms with van der Waals surface area (Å²) < 4.78 is 5.30. The van der Waals surface area contributed by atoms with Crippen LogP contribution in [0.5, 0.6) is 0 Å². The summed E-state index contributed by atoms with van der Waals surface area (Å²) in [5.41, 5.74) is 2.79. The number of aryl methyl sites for hydroxylation is 1. The smallest absolute Gasteiger partial charge is 0.257 e. The summed E-state index contributed by atoms with van der Waals surface area (Å²) in [6.45, 7) is 1.59. The van der Waals surface area contributed by atoms with Crippen LogP contribution in [0.3, 0.4) is 0 Å². The maximum atomic E-state index is 12.4. The number of rotatable bonds is 4. The van der Waals surface area contributed by atoms with Crippen LogP contribution >= 0.6 is 0 Å². The Bertz CT molecular complexity index is 829. The molecule has 0 saturated carbocycles. The largest absolute Gasteiger partial charge is 0.463 e. The number of aliphatic hydroxyl groups is 1. The second kappa shape index (κ2) is 6.41. The number of carbonyl (C=O) groups excluding carboxylic acids is 1. The fourth-order valence-corrected chi connectivity index (χ4v) is 2.23. The number of aliphatic hydroxyl groups excluding tert-OH is 1. The number of nitrogens with one attached hydrogen (secondary N) is 1. The lowest BCUT2D eigenvalue weighted by atomic mass is 10.1. The maximum absolute atomic E-state index is 12.4. The maximum Gasteiger partial charge on any atom is 0.257 e. The first-order valence-electron chi connectivity index (χ1n) is 7.05. The van der Waals surface area contributed by atoms with E-state index in [1.165, 1.54) is 6.20 Å². The third-order valence-corrected chi connectivity index (χ3v) is 3.43. The standard InChI is InChI=1S/C17H15N3O3/c1-11-13(4-5-14(19-11)16-3-2-8-23-16)17(22)20-15-9-18-7-6-12(15)10-21/h2-9,21H,10H2,1H3,(H,20,22). The van der Waals surface area contributed by atoms with Crippen LogP contribution in [0, 0.1) is 6.92 Å². The Labute approximate surface area is 132 Å². The molecule has 6 nitrogen and oxygen atoms in total. The Kier molecular flexibility index (Phi) is 4.16. The number of aromatic nitrogens is 2. The molecule has 3 aromatic rings. The van der Waals surface area contributed by atoms with Crippen molar-refractivity contribution in [1.82, 2.24) is 9.97 Å². The molecule has 0 unspecified atom stereocenters. The molecule has 3 aromatic heterocycles. The van der Waals surface area contributed by atoms with Gasteiger partial charge in [-0.2, -0.15) is 0 Å². The first-order valence-corrected chi connectivity index (χ1v) is 7.05. The Morgan fingerprint density at radius 1 is 1.30 bits per heavy atom. The molecule has 3 rings (SSSR count). The molecular formula is C17H15N3O3. The molecule has 0 aliphatic heterocycles. The van der Waals surface area contributed by atoms with Gasteiger partial charge in [0.15, 0.2) is 5.76 Å². The Hall–Kier alpha value is -2.99. The first-order chi connectivity index (χ1) is 11.2. The summed E-state index contributed by atoms with van der Waals surface area (Å²) in [5, 5.41) is 12.0. The van der Waals surface area contributed by atoms with Crippen molar-refractivity contribution in [3.63, 3.8) is 0 Å². The quantitative estimate of drug-likeness (QED) is 0.773. The van der Waals surface area contributed by atoms with E-state index < -0.39 is 0 Å². The fourth-order valence-electron chi connectivity index (χ4n) is 2.23. The van der Waals surface area contributed by atoms with Crippen molar-refractivity contribution in [2.24, 2.45) is 0 Å². The SMILES string of the molecule is Cc1nc(-c2ccco2)ccc1C(=O)Nc1cnccc1CO. The number of anilines is 1. The van der Waals surface area contributed by atoms with Crippen LogP contribution in [-0.4, -0.2) is 21.0 Å². The molecule has 0 aliphatic rings. The van der Waals surface area contributed by atoms with Crippen LogP contribution in [0.25, 0.3) is 11.5 Å². The molecule has 0 radical (unpaired) electrons. The van der Waals surface area contributed by atoms with E-state index in [4.69, 9.17) is 4.42 Å². The lowest BCUT2D eigenvalue weighted by molar-refractivity contribution is 0.102. The molecule has 1 amide bonds. The number of carbonyl (C=O) groups is 1. The van der Waals surface area contributed by atoms with Gasteiger partial charge in [-0.25, -0.2) is 4.98 Å². The molecule has 0 bridgehead atoms. The molecule has 0 atom stereocenters. The number of hydrogen-bond acceptors (Lipinski definition) is 5. The molecule has 116 valence electrons. The van der Waals surface area contributed by atoms with E-state index in [2.05, 4.69) is 15.3 Å². The molecular weight excluding hydrogens is 294 g/mol. The van der Waals surface area contributed by atoms with Gasteiger partial charge in [0.05, 0.1) is 36.0 Å². The topological polar surface area (TPSA) is 88.3 Å². The van der Waals surface area contributed by atoms with Gasteiger partial charge in [0.25, 0.3) is 5.91 Å². The second-order valence-electron chi connectivity index (χ2n) is 4.95. The van der Waals surface area contributed by atoms with Crippen LogP contribution in [0.1, 0.15) is 21.6 Å². The summed E-state index contributed by atoms with van der Waals surface area (Å²) in [4.78, 5) is 20.8. The van der Waals surface area contributed by atoms with Crippen LogP contribution in [0.2, 0.25) is 0 Å². The van der Waals surface area contributed by atoms with Gasteiger partial charge in [-0.3, -0.25) is 9.78 Å². The van der Waals surface area contributed by atoms with Gasteiger partial charge in [0.2, 0.25) is 0 Å². The van der Waals surface area contributed by atoms with Crippen molar-refractivity contribution in [2.75, 3.05) is 5.32 Å². The van der Waals surface area contributed by atoms with Gasteiger partial charge in [-0.05, 0) is 37.3 Å². The van der Waals surface area contributed by atoms with Gasteiger partial charge < -0.3 is 14.8 Å². The highest BCUT2D eigenvalue weighted by Gasteiger charge is 2.14. The number of furan rings is 1. The summed E-state index contributed by atoms with van der Waals surface area (Å²) in [5.74, 6) is 0.346. The van der Waals surface area contributed by atoms with Crippen molar-refractivity contribution in [3.05, 3.63) is 65.8 Å². The minimum atomic E-state index is -0.302. The molecule has 0 fully saturated rings. The number of pyridine rings is 2. The lowest BCUT2D eigenvalue weighted by Crippen LogP contribution is -2.15. The highest BCUT2D eigenvalue weighted by molar-refractivity contribution is 6.05. The molecule has 2 N–H and O–H groups in total. The fraction of sp³-hybridized carbons (Fsp3) is 0.118. The molecule has 0 aromatic carbocycles. The van der Waals surface area contributed by atoms with Crippen molar-refractivity contribution >= 4 is 11.6 Å². The van der Waals surface area contributed by atoms with E-state index in [-0.39, 0.29) is 12.5 Å². The van der Waals surface area contributed by atoms with Crippen molar-refractivity contribution in [3.8, 4) is 11.5 Å². The van der Waals surface area contributed by atoms with Crippen molar-refractivity contribution in [2.45, 2.75) is 13.5 Å². The average molecular weight is 309 g/mol. The minimum Gasteiger partial charge on any atom is -0.463 e. The Morgan fingerprint density at radius 3 is 2.87 bits per heavy atom. The summed E-state index contributed by atoms with van der Waals surface area (Å²) >= 11 is 0. The van der Waals surface area contributed by atoms with Gasteiger partial charge in [-0.1, -0.05) is 0 Å². The zero-order valence-corrected chi connectivity index (χ0v) is 12.5. The van der Waals surface area contributed by atoms with Crippen molar-refractivity contribution in [1.29, 1.82) is 0 Å². The zero-order valence-electron chi connectivity index (χ0n) is 12.5. The predicted molar refractivity (Wildman–Crippen MR) is 84.8 cm³/mol. The van der Waals surface area contributed by atoms with Gasteiger partial charge >= 0.3 is 0 Å². The van der Waals surface area contributed by atoms with E-state index in [9.17, 15) is 9.90 Å². The van der Waals surface area contributed by atoms with Gasteiger partial charge in [0, 0.05) is 11.8 Å². The molecule has 0 aliphatic carbocycles. The van der Waals surface area contributed by atoms with E-state index in [1.54, 1.807) is 43.6 Å². The minimum absolute atomic E-state index is 0.174. The van der Waals surface area contributed by atoms with Crippen molar-refractivity contribution < 1.29 is 14.3 Å². The molecule has 23 heavy (non-hydrogen) atoms. The van der Waals surface area contributed by atoms with E-state index >= 15 is 0 Å². The summed E-state index contributed by atoms with van der Waals surface area (Å²) in [6, 6.07) is 8.68. The van der Waals surface area contributed by atoms with Gasteiger partial charge in [-0.15, -0.1) is 0 Å². The second-order valence-corrected chi connectivity index (χ2v) is 4.95. The van der Waals surface area contributed by atoms with E-state index in [1.807, 2.05) is 6.07 Å². The highest BCUT2D eigenvalue weighted by atomic mass is 16.3. The average Bonchev–Trinajstić information content (AvgIpc) is 3.09. The molecule has 6 heteroatoms. The number of nitrogens with zero attached hydrogens (tertiary/aromatic N) is 2.